The van der Waals surface area contributed by atoms with Gasteiger partial charge in [0.2, 0.25) is 0 Å². The normalized spacial score (nSPS) is 11.0. The Hall–Kier alpha value is -3.00. The third-order valence-corrected chi connectivity index (χ3v) is 4.35. The molecule has 4 rings (SSSR count). The van der Waals surface area contributed by atoms with Crippen molar-refractivity contribution in [3.8, 4) is 16.9 Å². The summed E-state index contributed by atoms with van der Waals surface area (Å²) in [5, 5.41) is 4.54. The molecule has 0 aliphatic carbocycles. The molecule has 0 atom stereocenters. The van der Waals surface area contributed by atoms with Gasteiger partial charge in [-0.2, -0.15) is 0 Å². The first kappa shape index (κ1) is 13.6. The van der Waals surface area contributed by atoms with Crippen LogP contribution in [0.3, 0.4) is 0 Å². The number of nitrogens with two attached hydrogens (primary N) is 1. The molecular formula is C21H17NO. The molecule has 0 radical (unpaired) electrons. The van der Waals surface area contributed by atoms with Crippen molar-refractivity contribution < 1.29 is 4.74 Å². The molecule has 2 heteroatoms. The number of rotatable bonds is 2. The van der Waals surface area contributed by atoms with Gasteiger partial charge in [-0.15, -0.1) is 0 Å². The fourth-order valence-corrected chi connectivity index (χ4v) is 3.21. The van der Waals surface area contributed by atoms with E-state index in [1.807, 2.05) is 30.3 Å². The largest absolute Gasteiger partial charge is 0.496 e. The molecule has 0 saturated heterocycles. The van der Waals surface area contributed by atoms with Gasteiger partial charge in [0, 0.05) is 22.2 Å². The Balaban J connectivity index is 2.12. The number of anilines is 1. The molecule has 2 N–H and O–H groups in total. The first-order valence-electron chi connectivity index (χ1n) is 7.63. The van der Waals surface area contributed by atoms with Gasteiger partial charge in [0.1, 0.15) is 5.75 Å². The summed E-state index contributed by atoms with van der Waals surface area (Å²) in [4.78, 5) is 0. The molecule has 4 aromatic rings. The summed E-state index contributed by atoms with van der Waals surface area (Å²) < 4.78 is 5.62. The maximum Gasteiger partial charge on any atom is 0.127 e. The zero-order valence-electron chi connectivity index (χ0n) is 12.9. The number of hydrogen-bond acceptors (Lipinski definition) is 2. The number of methoxy groups -OCH3 is 1. The van der Waals surface area contributed by atoms with Crippen LogP contribution in [0.15, 0.2) is 72.8 Å². The van der Waals surface area contributed by atoms with E-state index in [1.54, 1.807) is 7.11 Å². The maximum absolute atomic E-state index is 6.51. The molecule has 112 valence electrons. The van der Waals surface area contributed by atoms with E-state index in [2.05, 4.69) is 42.5 Å². The summed E-state index contributed by atoms with van der Waals surface area (Å²) in [6.45, 7) is 0. The summed E-state index contributed by atoms with van der Waals surface area (Å²) >= 11 is 0. The zero-order chi connectivity index (χ0) is 15.8. The molecule has 0 fully saturated rings. The molecular weight excluding hydrogens is 282 g/mol. The highest BCUT2D eigenvalue weighted by molar-refractivity contribution is 6.08. The summed E-state index contributed by atoms with van der Waals surface area (Å²) in [5.41, 5.74) is 9.36. The van der Waals surface area contributed by atoms with Gasteiger partial charge in [-0.25, -0.2) is 0 Å². The molecule has 0 heterocycles. The number of nitrogen functional groups attached to an aromatic ring is 1. The van der Waals surface area contributed by atoms with E-state index in [0.29, 0.717) is 0 Å². The van der Waals surface area contributed by atoms with E-state index in [1.165, 1.54) is 5.39 Å². The van der Waals surface area contributed by atoms with Gasteiger partial charge in [0.05, 0.1) is 7.11 Å². The number of fused-ring (bicyclic) bond motifs is 2. The molecule has 2 nitrogen and oxygen atoms in total. The second kappa shape index (κ2) is 5.33. The van der Waals surface area contributed by atoms with Crippen molar-refractivity contribution in [3.63, 3.8) is 0 Å². The van der Waals surface area contributed by atoms with Gasteiger partial charge in [0.25, 0.3) is 0 Å². The summed E-state index contributed by atoms with van der Waals surface area (Å²) in [6, 6.07) is 24.8. The third kappa shape index (κ3) is 2.11. The SMILES string of the molecule is COc1ccc2ccccc2c1-c1ccc2ccccc2c1N. The van der Waals surface area contributed by atoms with E-state index >= 15 is 0 Å². The second-order valence-corrected chi connectivity index (χ2v) is 5.61. The predicted octanol–water partition coefficient (Wildman–Crippen LogP) is 5.25. The summed E-state index contributed by atoms with van der Waals surface area (Å²) in [6.07, 6.45) is 0. The van der Waals surface area contributed by atoms with E-state index in [9.17, 15) is 0 Å². The Labute approximate surface area is 135 Å². The van der Waals surface area contributed by atoms with Crippen molar-refractivity contribution >= 4 is 27.2 Å². The molecule has 0 spiro atoms. The number of ether oxygens (including phenoxy) is 1. The lowest BCUT2D eigenvalue weighted by Gasteiger charge is -2.15. The second-order valence-electron chi connectivity index (χ2n) is 5.61. The summed E-state index contributed by atoms with van der Waals surface area (Å²) in [5.74, 6) is 0.839. The van der Waals surface area contributed by atoms with E-state index in [-0.39, 0.29) is 0 Å². The first-order valence-corrected chi connectivity index (χ1v) is 7.63. The lowest BCUT2D eigenvalue weighted by Crippen LogP contribution is -1.95. The van der Waals surface area contributed by atoms with Crippen LogP contribution in [0.5, 0.6) is 5.75 Å². The van der Waals surface area contributed by atoms with Crippen LogP contribution in [-0.2, 0) is 0 Å². The number of hydrogen-bond donors (Lipinski definition) is 1. The molecule has 0 amide bonds. The minimum Gasteiger partial charge on any atom is -0.496 e. The van der Waals surface area contributed by atoms with Crippen molar-refractivity contribution in [2.45, 2.75) is 0 Å². The molecule has 0 aliphatic heterocycles. The van der Waals surface area contributed by atoms with Gasteiger partial charge in [0.15, 0.2) is 0 Å². The number of benzene rings is 4. The van der Waals surface area contributed by atoms with Crippen LogP contribution in [0.4, 0.5) is 5.69 Å². The van der Waals surface area contributed by atoms with Crippen molar-refractivity contribution in [1.29, 1.82) is 0 Å². The van der Waals surface area contributed by atoms with Gasteiger partial charge >= 0.3 is 0 Å². The summed E-state index contributed by atoms with van der Waals surface area (Å²) in [7, 11) is 1.70. The van der Waals surface area contributed by atoms with Crippen molar-refractivity contribution in [1.82, 2.24) is 0 Å². The molecule has 0 saturated carbocycles. The zero-order valence-corrected chi connectivity index (χ0v) is 12.9. The monoisotopic (exact) mass is 299 g/mol. The topological polar surface area (TPSA) is 35.2 Å². The Morgan fingerprint density at radius 3 is 2.04 bits per heavy atom. The highest BCUT2D eigenvalue weighted by atomic mass is 16.5. The fraction of sp³-hybridized carbons (Fsp3) is 0.0476. The van der Waals surface area contributed by atoms with Gasteiger partial charge in [-0.05, 0) is 22.2 Å². The van der Waals surface area contributed by atoms with Crippen LogP contribution in [0.25, 0.3) is 32.7 Å². The first-order chi connectivity index (χ1) is 11.3. The highest BCUT2D eigenvalue weighted by Crippen LogP contribution is 2.41. The lowest BCUT2D eigenvalue weighted by atomic mass is 9.93. The van der Waals surface area contributed by atoms with Crippen LogP contribution >= 0.6 is 0 Å². The Morgan fingerprint density at radius 2 is 1.30 bits per heavy atom. The van der Waals surface area contributed by atoms with Crippen LogP contribution in [0, 0.1) is 0 Å². The molecule has 0 bridgehead atoms. The van der Waals surface area contributed by atoms with Gasteiger partial charge < -0.3 is 10.5 Å². The third-order valence-electron chi connectivity index (χ3n) is 4.35. The van der Waals surface area contributed by atoms with Crippen LogP contribution in [0.1, 0.15) is 0 Å². The molecule has 0 aliphatic rings. The van der Waals surface area contributed by atoms with Crippen molar-refractivity contribution in [3.05, 3.63) is 72.8 Å². The van der Waals surface area contributed by atoms with Gasteiger partial charge in [-0.3, -0.25) is 0 Å². The predicted molar refractivity (Wildman–Crippen MR) is 97.9 cm³/mol. The smallest absolute Gasteiger partial charge is 0.127 e. The Kier molecular flexibility index (Phi) is 3.16. The highest BCUT2D eigenvalue weighted by Gasteiger charge is 2.14. The Morgan fingerprint density at radius 1 is 0.696 bits per heavy atom. The average Bonchev–Trinajstić information content (AvgIpc) is 2.61. The van der Waals surface area contributed by atoms with Crippen molar-refractivity contribution in [2.75, 3.05) is 12.8 Å². The minimum absolute atomic E-state index is 0.790. The Bertz CT molecular complexity index is 1020. The quantitative estimate of drug-likeness (QED) is 0.513. The fourth-order valence-electron chi connectivity index (χ4n) is 3.21. The molecule has 23 heavy (non-hydrogen) atoms. The maximum atomic E-state index is 6.51. The molecule has 4 aromatic carbocycles. The molecule has 0 unspecified atom stereocenters. The standard InChI is InChI=1S/C21H17NO/c1-23-19-13-11-14-6-2-4-8-16(14)20(19)18-12-10-15-7-3-5-9-17(15)21(18)22/h2-13H,22H2,1H3. The average molecular weight is 299 g/mol. The lowest BCUT2D eigenvalue weighted by molar-refractivity contribution is 0.417. The van der Waals surface area contributed by atoms with Gasteiger partial charge in [-0.1, -0.05) is 66.7 Å². The van der Waals surface area contributed by atoms with E-state index < -0.39 is 0 Å². The van der Waals surface area contributed by atoms with E-state index in [4.69, 9.17) is 10.5 Å². The van der Waals surface area contributed by atoms with Crippen LogP contribution in [-0.4, -0.2) is 7.11 Å². The van der Waals surface area contributed by atoms with Crippen molar-refractivity contribution in [2.24, 2.45) is 0 Å². The minimum atomic E-state index is 0.790. The van der Waals surface area contributed by atoms with Crippen LogP contribution in [0.2, 0.25) is 0 Å². The molecule has 0 aromatic heterocycles. The van der Waals surface area contributed by atoms with Crippen LogP contribution < -0.4 is 10.5 Å². The van der Waals surface area contributed by atoms with E-state index in [0.717, 1.165) is 38.7 Å².